The van der Waals surface area contributed by atoms with Crippen molar-refractivity contribution in [2.45, 2.75) is 19.4 Å². The SMILES string of the molecule is C[C@@H](C(=O)N1CCc2ccccc21)[NH+]1CC[NH+](CC(=O)Nc2ccccc2Cl)CC1. The van der Waals surface area contributed by atoms with E-state index >= 15 is 0 Å². The molecule has 0 aromatic heterocycles. The first kappa shape index (κ1) is 20.8. The van der Waals surface area contributed by atoms with E-state index in [4.69, 9.17) is 11.6 Å². The van der Waals surface area contributed by atoms with E-state index in [0.29, 0.717) is 17.3 Å². The van der Waals surface area contributed by atoms with E-state index in [1.807, 2.05) is 42.2 Å². The molecular weight excluding hydrogens is 400 g/mol. The maximum absolute atomic E-state index is 13.1. The van der Waals surface area contributed by atoms with Gasteiger partial charge >= 0.3 is 0 Å². The van der Waals surface area contributed by atoms with Crippen LogP contribution in [0.15, 0.2) is 48.5 Å². The van der Waals surface area contributed by atoms with Gasteiger partial charge < -0.3 is 20.0 Å². The van der Waals surface area contributed by atoms with Gasteiger partial charge in [0.25, 0.3) is 11.8 Å². The van der Waals surface area contributed by atoms with Gasteiger partial charge in [-0.2, -0.15) is 0 Å². The lowest BCUT2D eigenvalue weighted by Crippen LogP contribution is -3.30. The van der Waals surface area contributed by atoms with Crippen LogP contribution in [0.25, 0.3) is 0 Å². The fourth-order valence-electron chi connectivity index (χ4n) is 4.49. The fourth-order valence-corrected chi connectivity index (χ4v) is 4.68. The fraction of sp³-hybridized carbons (Fsp3) is 0.391. The molecule has 2 aromatic rings. The van der Waals surface area contributed by atoms with Crippen molar-refractivity contribution in [1.82, 2.24) is 0 Å². The molecule has 0 radical (unpaired) electrons. The second kappa shape index (κ2) is 9.16. The Bertz CT molecular complexity index is 927. The molecule has 1 fully saturated rings. The van der Waals surface area contributed by atoms with Crippen LogP contribution >= 0.6 is 11.6 Å². The van der Waals surface area contributed by atoms with E-state index in [0.717, 1.165) is 44.8 Å². The number of carbonyl (C=O) groups excluding carboxylic acids is 2. The third-order valence-corrected chi connectivity index (χ3v) is 6.62. The largest absolute Gasteiger partial charge is 0.320 e. The Morgan fingerprint density at radius 3 is 2.53 bits per heavy atom. The summed E-state index contributed by atoms with van der Waals surface area (Å²) in [4.78, 5) is 30.0. The second-order valence-electron chi connectivity index (χ2n) is 8.20. The van der Waals surface area contributed by atoms with Crippen molar-refractivity contribution in [3.05, 3.63) is 59.1 Å². The Kier molecular flexibility index (Phi) is 6.37. The minimum absolute atomic E-state index is 0.0284. The van der Waals surface area contributed by atoms with Crippen LogP contribution in [0.4, 0.5) is 11.4 Å². The molecule has 0 aliphatic carbocycles. The number of anilines is 2. The quantitative estimate of drug-likeness (QED) is 0.630. The first-order chi connectivity index (χ1) is 14.5. The molecule has 6 nitrogen and oxygen atoms in total. The molecule has 1 saturated heterocycles. The smallest absolute Gasteiger partial charge is 0.284 e. The number of benzene rings is 2. The van der Waals surface area contributed by atoms with Crippen molar-refractivity contribution >= 4 is 34.8 Å². The average Bonchev–Trinajstić information content (AvgIpc) is 3.19. The molecule has 0 bridgehead atoms. The van der Waals surface area contributed by atoms with Crippen molar-refractivity contribution in [2.24, 2.45) is 0 Å². The molecule has 2 aliphatic heterocycles. The molecule has 4 rings (SSSR count). The molecule has 7 heteroatoms. The number of nitrogens with one attached hydrogen (secondary N) is 3. The monoisotopic (exact) mass is 428 g/mol. The highest BCUT2D eigenvalue weighted by Crippen LogP contribution is 2.27. The highest BCUT2D eigenvalue weighted by molar-refractivity contribution is 6.33. The molecule has 0 spiro atoms. The molecule has 2 aromatic carbocycles. The maximum Gasteiger partial charge on any atom is 0.284 e. The summed E-state index contributed by atoms with van der Waals surface area (Å²) < 4.78 is 0. The molecule has 1 atom stereocenters. The number of fused-ring (bicyclic) bond motifs is 1. The van der Waals surface area contributed by atoms with E-state index in [-0.39, 0.29) is 17.9 Å². The summed E-state index contributed by atoms with van der Waals surface area (Å²) in [5.74, 6) is 0.175. The van der Waals surface area contributed by atoms with Crippen molar-refractivity contribution in [2.75, 3.05) is 49.5 Å². The van der Waals surface area contributed by atoms with Crippen LogP contribution in [0.5, 0.6) is 0 Å². The Labute approximate surface area is 182 Å². The average molecular weight is 429 g/mol. The Balaban J connectivity index is 1.27. The normalized spacial score (nSPS) is 21.7. The third kappa shape index (κ3) is 4.51. The number of amides is 2. The number of hydrogen-bond donors (Lipinski definition) is 3. The molecule has 2 heterocycles. The van der Waals surface area contributed by atoms with Gasteiger partial charge in [-0.25, -0.2) is 0 Å². The van der Waals surface area contributed by atoms with Gasteiger partial charge in [0.1, 0.15) is 26.2 Å². The highest BCUT2D eigenvalue weighted by Gasteiger charge is 2.36. The molecule has 3 N–H and O–H groups in total. The topological polar surface area (TPSA) is 58.3 Å². The molecule has 0 saturated carbocycles. The summed E-state index contributed by atoms with van der Waals surface area (Å²) in [5.41, 5.74) is 2.97. The summed E-state index contributed by atoms with van der Waals surface area (Å²) >= 11 is 6.12. The number of quaternary nitrogens is 2. The zero-order valence-electron chi connectivity index (χ0n) is 17.3. The number of rotatable bonds is 5. The summed E-state index contributed by atoms with van der Waals surface area (Å²) in [6.45, 7) is 6.75. The van der Waals surface area contributed by atoms with Crippen LogP contribution in [0, 0.1) is 0 Å². The van der Waals surface area contributed by atoms with Crippen LogP contribution in [0.3, 0.4) is 0 Å². The first-order valence-electron chi connectivity index (χ1n) is 10.6. The Morgan fingerprint density at radius 2 is 1.77 bits per heavy atom. The predicted octanol–water partition coefficient (Wildman–Crippen LogP) is 0.0397. The number of halogens is 1. The van der Waals surface area contributed by atoms with Gasteiger partial charge in [-0.1, -0.05) is 41.9 Å². The number of piperazine rings is 1. The second-order valence-corrected chi connectivity index (χ2v) is 8.61. The summed E-state index contributed by atoms with van der Waals surface area (Å²) in [6, 6.07) is 15.4. The van der Waals surface area contributed by atoms with Crippen molar-refractivity contribution < 1.29 is 19.4 Å². The molecule has 2 aliphatic rings. The summed E-state index contributed by atoms with van der Waals surface area (Å²) in [7, 11) is 0. The maximum atomic E-state index is 13.1. The van der Waals surface area contributed by atoms with Crippen molar-refractivity contribution in [3.63, 3.8) is 0 Å². The van der Waals surface area contributed by atoms with E-state index < -0.39 is 0 Å². The molecule has 158 valence electrons. The van der Waals surface area contributed by atoms with Gasteiger partial charge in [-0.3, -0.25) is 9.59 Å². The first-order valence-corrected chi connectivity index (χ1v) is 11.0. The lowest BCUT2D eigenvalue weighted by atomic mass is 10.1. The number of hydrogen-bond acceptors (Lipinski definition) is 2. The van der Waals surface area contributed by atoms with E-state index in [1.165, 1.54) is 15.4 Å². The highest BCUT2D eigenvalue weighted by atomic mass is 35.5. The van der Waals surface area contributed by atoms with Gasteiger partial charge in [0.15, 0.2) is 12.6 Å². The molecule has 0 unspecified atom stereocenters. The van der Waals surface area contributed by atoms with Crippen LogP contribution < -0.4 is 20.0 Å². The predicted molar refractivity (Wildman–Crippen MR) is 118 cm³/mol. The Hall–Kier alpha value is -2.41. The Morgan fingerprint density at radius 1 is 1.07 bits per heavy atom. The zero-order valence-corrected chi connectivity index (χ0v) is 18.0. The standard InChI is InChI=1S/C23H27ClN4O2/c1-17(23(30)28-11-10-18-6-2-5-9-21(18)28)27-14-12-26(13-15-27)16-22(29)25-20-8-4-3-7-19(20)24/h2-9,17H,10-16H2,1H3,(H,25,29)/p+2/t17-/m0/s1. The number of nitrogens with zero attached hydrogens (tertiary/aromatic N) is 1. The minimum atomic E-state index is -0.0744. The third-order valence-electron chi connectivity index (χ3n) is 6.29. The van der Waals surface area contributed by atoms with Crippen LogP contribution in [0.2, 0.25) is 5.02 Å². The van der Waals surface area contributed by atoms with Gasteiger partial charge in [0, 0.05) is 12.2 Å². The molecular formula is C23H29ClN4O2+2. The zero-order chi connectivity index (χ0) is 21.1. The lowest BCUT2D eigenvalue weighted by molar-refractivity contribution is -1.01. The van der Waals surface area contributed by atoms with Crippen molar-refractivity contribution in [3.8, 4) is 0 Å². The van der Waals surface area contributed by atoms with Crippen molar-refractivity contribution in [1.29, 1.82) is 0 Å². The number of carbonyl (C=O) groups is 2. The molecule has 30 heavy (non-hydrogen) atoms. The van der Waals surface area contributed by atoms with Crippen LogP contribution in [-0.2, 0) is 16.0 Å². The van der Waals surface area contributed by atoms with Gasteiger partial charge in [0.05, 0.1) is 10.7 Å². The minimum Gasteiger partial charge on any atom is -0.320 e. The van der Waals surface area contributed by atoms with Gasteiger partial charge in [-0.15, -0.1) is 0 Å². The summed E-state index contributed by atoms with van der Waals surface area (Å²) in [6.07, 6.45) is 0.933. The van der Waals surface area contributed by atoms with Crippen LogP contribution in [0.1, 0.15) is 12.5 Å². The van der Waals surface area contributed by atoms with E-state index in [1.54, 1.807) is 12.1 Å². The van der Waals surface area contributed by atoms with Gasteiger partial charge in [0.2, 0.25) is 0 Å². The number of para-hydroxylation sites is 2. The van der Waals surface area contributed by atoms with E-state index in [9.17, 15) is 9.59 Å². The van der Waals surface area contributed by atoms with E-state index in [2.05, 4.69) is 11.4 Å². The molecule has 2 amide bonds. The summed E-state index contributed by atoms with van der Waals surface area (Å²) in [5, 5.41) is 3.44. The lowest BCUT2D eigenvalue weighted by Gasteiger charge is -2.33. The van der Waals surface area contributed by atoms with Gasteiger partial charge in [-0.05, 0) is 37.1 Å². The van der Waals surface area contributed by atoms with Crippen LogP contribution in [-0.4, -0.2) is 57.1 Å².